The number of halogens is 1. The van der Waals surface area contributed by atoms with Gasteiger partial charge in [0.2, 0.25) is 5.91 Å². The van der Waals surface area contributed by atoms with Crippen molar-refractivity contribution < 1.29 is 9.53 Å². The number of anilines is 1. The van der Waals surface area contributed by atoms with Gasteiger partial charge in [-0.05, 0) is 56.2 Å². The van der Waals surface area contributed by atoms with E-state index in [1.165, 1.54) is 0 Å². The highest BCUT2D eigenvalue weighted by molar-refractivity contribution is 6.31. The molecule has 0 aliphatic heterocycles. The standard InChI is InChI=1S/C21H20ClN5O2/c1-12-15(7-9-19(28)25-17-11-14(22)6-8-18(17)29-3)13(2)27-21(24-12)16-5-4-10-23-20(16)26-27/h4-6,8,10-11H,7,9H2,1-3H3,(H,25,28). The van der Waals surface area contributed by atoms with Crippen LogP contribution in [0.25, 0.3) is 16.7 Å². The summed E-state index contributed by atoms with van der Waals surface area (Å²) >= 11 is 6.03. The second-order valence-electron chi connectivity index (χ2n) is 6.76. The van der Waals surface area contributed by atoms with E-state index in [0.29, 0.717) is 34.9 Å². The molecule has 148 valence electrons. The van der Waals surface area contributed by atoms with E-state index in [2.05, 4.69) is 15.4 Å². The number of hydrogen-bond donors (Lipinski definition) is 1. The van der Waals surface area contributed by atoms with Crippen LogP contribution in [0.4, 0.5) is 5.69 Å². The quantitative estimate of drug-likeness (QED) is 0.536. The first-order valence-electron chi connectivity index (χ1n) is 9.21. The van der Waals surface area contributed by atoms with Crippen LogP contribution in [0, 0.1) is 13.8 Å². The summed E-state index contributed by atoms with van der Waals surface area (Å²) in [5, 5.41) is 8.87. The van der Waals surface area contributed by atoms with Gasteiger partial charge in [0, 0.05) is 29.0 Å². The molecular weight excluding hydrogens is 390 g/mol. The molecule has 0 saturated heterocycles. The molecule has 0 radical (unpaired) electrons. The zero-order valence-electron chi connectivity index (χ0n) is 16.4. The molecule has 1 N–H and O–H groups in total. The SMILES string of the molecule is COc1ccc(Cl)cc1NC(=O)CCc1c(C)nc2c3cccnc3nn2c1C. The summed E-state index contributed by atoms with van der Waals surface area (Å²) in [5.41, 5.74) is 4.83. The Morgan fingerprint density at radius 2 is 2.10 bits per heavy atom. The molecular formula is C21H20ClN5O2. The van der Waals surface area contributed by atoms with Crippen LogP contribution in [0.1, 0.15) is 23.4 Å². The molecule has 29 heavy (non-hydrogen) atoms. The monoisotopic (exact) mass is 409 g/mol. The van der Waals surface area contributed by atoms with E-state index in [0.717, 1.165) is 28.0 Å². The van der Waals surface area contributed by atoms with Gasteiger partial charge in [-0.3, -0.25) is 4.79 Å². The third-order valence-corrected chi connectivity index (χ3v) is 5.16. The molecule has 4 aromatic rings. The third-order valence-electron chi connectivity index (χ3n) is 4.93. The van der Waals surface area contributed by atoms with Crippen molar-refractivity contribution in [3.8, 4) is 5.75 Å². The molecule has 0 bridgehead atoms. The maximum absolute atomic E-state index is 12.5. The van der Waals surface area contributed by atoms with Gasteiger partial charge in [0.05, 0.1) is 18.2 Å². The number of fused-ring (bicyclic) bond motifs is 3. The maximum Gasteiger partial charge on any atom is 0.224 e. The van der Waals surface area contributed by atoms with Crippen LogP contribution in [0.5, 0.6) is 5.75 Å². The molecule has 0 atom stereocenters. The van der Waals surface area contributed by atoms with Crippen molar-refractivity contribution in [3.05, 3.63) is 58.5 Å². The molecule has 4 rings (SSSR count). The van der Waals surface area contributed by atoms with Crippen LogP contribution in [-0.4, -0.2) is 32.6 Å². The number of nitrogens with one attached hydrogen (secondary N) is 1. The minimum Gasteiger partial charge on any atom is -0.495 e. The summed E-state index contributed by atoms with van der Waals surface area (Å²) in [6.07, 6.45) is 2.55. The zero-order valence-corrected chi connectivity index (χ0v) is 17.1. The van der Waals surface area contributed by atoms with Gasteiger partial charge in [0.15, 0.2) is 11.3 Å². The number of ether oxygens (including phenoxy) is 1. The van der Waals surface area contributed by atoms with E-state index >= 15 is 0 Å². The Bertz CT molecular complexity index is 1230. The number of carbonyl (C=O) groups is 1. The van der Waals surface area contributed by atoms with Crippen molar-refractivity contribution in [1.29, 1.82) is 0 Å². The van der Waals surface area contributed by atoms with Crippen LogP contribution in [-0.2, 0) is 11.2 Å². The van der Waals surface area contributed by atoms with Crippen LogP contribution in [0.2, 0.25) is 5.02 Å². The van der Waals surface area contributed by atoms with Gasteiger partial charge in [-0.2, -0.15) is 0 Å². The molecule has 0 unspecified atom stereocenters. The molecule has 7 nitrogen and oxygen atoms in total. The average Bonchev–Trinajstić information content (AvgIpc) is 3.07. The minimum absolute atomic E-state index is 0.128. The normalized spacial score (nSPS) is 11.2. The average molecular weight is 410 g/mol. The Balaban J connectivity index is 1.57. The Kier molecular flexibility index (Phi) is 5.07. The van der Waals surface area contributed by atoms with E-state index in [-0.39, 0.29) is 5.91 Å². The van der Waals surface area contributed by atoms with Crippen molar-refractivity contribution in [2.75, 3.05) is 12.4 Å². The lowest BCUT2D eigenvalue weighted by atomic mass is 10.1. The summed E-state index contributed by atoms with van der Waals surface area (Å²) in [5.74, 6) is 0.436. The van der Waals surface area contributed by atoms with E-state index in [1.54, 1.807) is 36.0 Å². The number of benzene rings is 1. The largest absolute Gasteiger partial charge is 0.495 e. The first-order chi connectivity index (χ1) is 14.0. The highest BCUT2D eigenvalue weighted by Crippen LogP contribution is 2.28. The Morgan fingerprint density at radius 3 is 2.90 bits per heavy atom. The van der Waals surface area contributed by atoms with Gasteiger partial charge in [-0.25, -0.2) is 14.5 Å². The number of carbonyl (C=O) groups excluding carboxylic acids is 1. The van der Waals surface area contributed by atoms with Gasteiger partial charge < -0.3 is 10.1 Å². The minimum atomic E-state index is -0.128. The number of hydrogen-bond acceptors (Lipinski definition) is 5. The topological polar surface area (TPSA) is 81.4 Å². The van der Waals surface area contributed by atoms with Crippen molar-refractivity contribution in [3.63, 3.8) is 0 Å². The van der Waals surface area contributed by atoms with Crippen molar-refractivity contribution in [2.24, 2.45) is 0 Å². The fourth-order valence-electron chi connectivity index (χ4n) is 3.46. The number of pyridine rings is 1. The smallest absolute Gasteiger partial charge is 0.224 e. The van der Waals surface area contributed by atoms with Gasteiger partial charge >= 0.3 is 0 Å². The molecule has 3 aromatic heterocycles. The number of nitrogens with zero attached hydrogens (tertiary/aromatic N) is 4. The molecule has 0 aliphatic carbocycles. The number of methoxy groups -OCH3 is 1. The van der Waals surface area contributed by atoms with Crippen LogP contribution >= 0.6 is 11.6 Å². The first-order valence-corrected chi connectivity index (χ1v) is 9.58. The number of aryl methyl sites for hydroxylation is 2. The van der Waals surface area contributed by atoms with Crippen molar-refractivity contribution in [1.82, 2.24) is 19.6 Å². The van der Waals surface area contributed by atoms with Gasteiger partial charge in [-0.15, -0.1) is 5.10 Å². The first kappa shape index (κ1) is 19.1. The second-order valence-corrected chi connectivity index (χ2v) is 7.20. The Morgan fingerprint density at radius 1 is 1.28 bits per heavy atom. The van der Waals surface area contributed by atoms with E-state index < -0.39 is 0 Å². The molecule has 1 aromatic carbocycles. The van der Waals surface area contributed by atoms with Crippen molar-refractivity contribution >= 4 is 39.9 Å². The molecule has 3 heterocycles. The summed E-state index contributed by atoms with van der Waals surface area (Å²) in [6.45, 7) is 3.94. The number of amides is 1. The van der Waals surface area contributed by atoms with Crippen molar-refractivity contribution in [2.45, 2.75) is 26.7 Å². The molecule has 0 aliphatic rings. The fraction of sp³-hybridized carbons (Fsp3) is 0.238. The Hall–Kier alpha value is -3.19. The van der Waals surface area contributed by atoms with Crippen LogP contribution in [0.3, 0.4) is 0 Å². The fourth-order valence-corrected chi connectivity index (χ4v) is 3.63. The van der Waals surface area contributed by atoms with Gasteiger partial charge in [0.1, 0.15) is 5.75 Å². The predicted octanol–water partition coefficient (Wildman–Crippen LogP) is 4.13. The van der Waals surface area contributed by atoms with Crippen LogP contribution < -0.4 is 10.1 Å². The lowest BCUT2D eigenvalue weighted by Crippen LogP contribution is -2.15. The predicted molar refractivity (Wildman–Crippen MR) is 113 cm³/mol. The number of aromatic nitrogens is 4. The molecule has 1 amide bonds. The maximum atomic E-state index is 12.5. The van der Waals surface area contributed by atoms with Crippen LogP contribution in [0.15, 0.2) is 36.5 Å². The summed E-state index contributed by atoms with van der Waals surface area (Å²) in [6, 6.07) is 8.94. The van der Waals surface area contributed by atoms with E-state index in [9.17, 15) is 4.79 Å². The summed E-state index contributed by atoms with van der Waals surface area (Å²) < 4.78 is 7.08. The Labute approximate surface area is 172 Å². The highest BCUT2D eigenvalue weighted by atomic mass is 35.5. The summed E-state index contributed by atoms with van der Waals surface area (Å²) in [7, 11) is 1.55. The molecule has 0 spiro atoms. The third kappa shape index (κ3) is 3.61. The molecule has 0 saturated carbocycles. The second kappa shape index (κ2) is 7.67. The highest BCUT2D eigenvalue weighted by Gasteiger charge is 2.16. The zero-order chi connectivity index (χ0) is 20.5. The summed E-state index contributed by atoms with van der Waals surface area (Å²) in [4.78, 5) is 21.6. The lowest BCUT2D eigenvalue weighted by molar-refractivity contribution is -0.116. The van der Waals surface area contributed by atoms with E-state index in [1.807, 2.05) is 26.0 Å². The number of rotatable bonds is 5. The molecule has 0 fully saturated rings. The van der Waals surface area contributed by atoms with E-state index in [4.69, 9.17) is 21.3 Å². The lowest BCUT2D eigenvalue weighted by Gasteiger charge is -2.13. The molecule has 8 heteroatoms. The van der Waals surface area contributed by atoms with Gasteiger partial charge in [0.25, 0.3) is 0 Å². The van der Waals surface area contributed by atoms with Gasteiger partial charge in [-0.1, -0.05) is 11.6 Å².